The summed E-state index contributed by atoms with van der Waals surface area (Å²) in [7, 11) is 0. The SMILES string of the molecule is Cc1cc(-c2cc(C)c(C)c(C)c2)cc(C)c1C.Cc1ccc(-c2ccc(C)c(C)c2)cc1C.Cc1ccc(-c2ccc(C)cc2)cc1.Cc1ccc(C(C)(C)c2ccc(C)cc2)cc1.Cc1ccc(C)c(C)c1.Cc1ccc(C)cc1.Cc1ccc(Cc2ccc(C)cc2)cc1.Cc1cccc(-c2cccc(C)c2)c1.Cc1cccc(C)c1. The molecule has 119 heavy (non-hydrogen) atoms. The molecule has 0 saturated heterocycles. The molecule has 0 unspecified atom stereocenters. The number of hydrogen-bond donors (Lipinski definition) is 0. The number of rotatable bonds is 8. The zero-order valence-corrected chi connectivity index (χ0v) is 77.3. The highest BCUT2D eigenvalue weighted by Crippen LogP contribution is 2.33. The summed E-state index contributed by atoms with van der Waals surface area (Å²) in [5.74, 6) is 0. The van der Waals surface area contributed by atoms with Gasteiger partial charge in [-0.05, 0) is 313 Å². The first kappa shape index (κ1) is 94.5. The number of aryl methyl sites for hydroxylation is 23. The topological polar surface area (TPSA) is 0 Å². The maximum atomic E-state index is 2.30. The van der Waals surface area contributed by atoms with Crippen LogP contribution >= 0.6 is 0 Å². The van der Waals surface area contributed by atoms with Gasteiger partial charge in [-0.15, -0.1) is 0 Å². The van der Waals surface area contributed by atoms with Crippen LogP contribution in [0.5, 0.6) is 0 Å². The highest BCUT2D eigenvalue weighted by molar-refractivity contribution is 5.70. The summed E-state index contributed by atoms with van der Waals surface area (Å²) in [5.41, 5.74) is 49.7. The Bertz CT molecular complexity index is 5250. The van der Waals surface area contributed by atoms with E-state index < -0.39 is 0 Å². The molecule has 0 N–H and O–H groups in total. The Hall–Kier alpha value is -11.7. The minimum atomic E-state index is 0.0708. The van der Waals surface area contributed by atoms with Gasteiger partial charge in [0.1, 0.15) is 0 Å². The minimum Gasteiger partial charge on any atom is -0.0617 e. The van der Waals surface area contributed by atoms with E-state index in [2.05, 4.69) is 508 Å². The van der Waals surface area contributed by atoms with Crippen LogP contribution in [0.3, 0.4) is 0 Å². The van der Waals surface area contributed by atoms with Crippen molar-refractivity contribution in [2.75, 3.05) is 0 Å². The van der Waals surface area contributed by atoms with Crippen LogP contribution in [-0.2, 0) is 11.8 Å². The highest BCUT2D eigenvalue weighted by Gasteiger charge is 2.22. The third kappa shape index (κ3) is 31.6. The molecule has 0 aliphatic carbocycles. The van der Waals surface area contributed by atoms with Crippen molar-refractivity contribution in [1.29, 1.82) is 0 Å². The largest absolute Gasteiger partial charge is 0.0617 e. The van der Waals surface area contributed by atoms with Gasteiger partial charge in [-0.2, -0.15) is 0 Å². The normalized spacial score (nSPS) is 10.3. The van der Waals surface area contributed by atoms with Gasteiger partial charge in [-0.3, -0.25) is 0 Å². The molecule has 0 aromatic heterocycles. The summed E-state index contributed by atoms with van der Waals surface area (Å²) in [6.07, 6.45) is 1.03. The zero-order valence-electron chi connectivity index (χ0n) is 77.3. The van der Waals surface area contributed by atoms with E-state index in [0.717, 1.165) is 6.42 Å². The smallest absolute Gasteiger partial charge is 0.0146 e. The molecule has 0 aliphatic rings. The second kappa shape index (κ2) is 46.4. The Morgan fingerprint density at radius 2 is 0.361 bits per heavy atom. The van der Waals surface area contributed by atoms with Crippen molar-refractivity contribution in [3.8, 4) is 44.5 Å². The van der Waals surface area contributed by atoms with Gasteiger partial charge in [0.25, 0.3) is 0 Å². The first-order valence-electron chi connectivity index (χ1n) is 42.4. The Balaban J connectivity index is 0.000000187. The molecule has 0 heterocycles. The van der Waals surface area contributed by atoms with E-state index >= 15 is 0 Å². The van der Waals surface area contributed by atoms with Crippen molar-refractivity contribution in [3.63, 3.8) is 0 Å². The molecule has 15 rings (SSSR count). The molecule has 0 fully saturated rings. The van der Waals surface area contributed by atoms with E-state index in [1.807, 2.05) is 0 Å². The second-order valence-electron chi connectivity index (χ2n) is 33.9. The van der Waals surface area contributed by atoms with Gasteiger partial charge in [0.15, 0.2) is 0 Å². The molecule has 0 nitrogen and oxygen atoms in total. The van der Waals surface area contributed by atoms with Crippen LogP contribution in [0.1, 0.15) is 175 Å². The maximum absolute atomic E-state index is 2.30. The lowest BCUT2D eigenvalue weighted by molar-refractivity contribution is 0.640. The lowest BCUT2D eigenvalue weighted by Gasteiger charge is -2.26. The van der Waals surface area contributed by atoms with E-state index in [1.54, 1.807) is 0 Å². The van der Waals surface area contributed by atoms with E-state index in [0.29, 0.717) is 0 Å². The molecule has 612 valence electrons. The Morgan fingerprint density at radius 3 is 0.622 bits per heavy atom. The molecule has 0 amide bonds. The average molecular weight is 1570 g/mol. The van der Waals surface area contributed by atoms with Crippen LogP contribution in [-0.4, -0.2) is 0 Å². The standard InChI is InChI=1S/C18H22.C17H20.C16H18.C15H16.2C14H14.C9H12.2C8H10/c1-11-7-17(8-12(2)15(11)5)18-9-13(3)16(6)14(4)10-18;1-13-5-9-15(10-6-13)17(3,4)16-11-7-14(2)8-12-16;1-11-5-7-15(9-13(11)3)16-8-6-12(2)14(4)10-16;1-12-3-7-14(8-4-12)11-15-9-5-13(2)6-10-15;1-11-3-7-13(8-4-11)14-9-5-12(2)6-10-14;1-11-5-3-7-13(9-11)14-8-4-6-12(2)10-14;1-7-4-5-8(2)9(3)6-7;1-7-3-5-8(2)6-4-7;1-7-4-3-5-8(2)6-7/h7-10H,1-6H3;5-12H,1-4H3;5-10H,1-4H3;3-10H,11H2,1-2H3;2*3-10H,1-2H3;4-6H,1-3H3;2*3-6H,1-2H3. The van der Waals surface area contributed by atoms with E-state index in [9.17, 15) is 0 Å². The first-order chi connectivity index (χ1) is 56.5. The monoisotopic (exact) mass is 1570 g/mol. The summed E-state index contributed by atoms with van der Waals surface area (Å²) in [5, 5.41) is 0. The fourth-order valence-corrected chi connectivity index (χ4v) is 13.5. The third-order valence-corrected chi connectivity index (χ3v) is 22.6. The third-order valence-electron chi connectivity index (χ3n) is 22.6. The lowest BCUT2D eigenvalue weighted by atomic mass is 9.78. The van der Waals surface area contributed by atoms with Gasteiger partial charge in [-0.25, -0.2) is 0 Å². The molecule has 0 aliphatic heterocycles. The highest BCUT2D eigenvalue weighted by atomic mass is 14.3. The summed E-state index contributed by atoms with van der Waals surface area (Å²) >= 11 is 0. The van der Waals surface area contributed by atoms with Crippen LogP contribution in [0.25, 0.3) is 44.5 Å². The summed E-state index contributed by atoms with van der Waals surface area (Å²) < 4.78 is 0. The van der Waals surface area contributed by atoms with Crippen molar-refractivity contribution in [2.45, 2.75) is 199 Å². The van der Waals surface area contributed by atoms with Crippen LogP contribution < -0.4 is 0 Å². The second-order valence-corrected chi connectivity index (χ2v) is 33.9. The van der Waals surface area contributed by atoms with Crippen LogP contribution in [0.4, 0.5) is 0 Å². The van der Waals surface area contributed by atoms with Crippen LogP contribution in [0.15, 0.2) is 322 Å². The van der Waals surface area contributed by atoms with Crippen molar-refractivity contribution < 1.29 is 0 Å². The van der Waals surface area contributed by atoms with Crippen molar-refractivity contribution >= 4 is 0 Å². The molecule has 0 spiro atoms. The molecule has 0 bridgehead atoms. The Labute approximate surface area is 721 Å². The van der Waals surface area contributed by atoms with Crippen molar-refractivity contribution in [1.82, 2.24) is 0 Å². The van der Waals surface area contributed by atoms with E-state index in [1.165, 1.54) is 206 Å². The molecule has 0 atom stereocenters. The summed E-state index contributed by atoms with van der Waals surface area (Å²) in [4.78, 5) is 0. The summed E-state index contributed by atoms with van der Waals surface area (Å²) in [6.45, 7) is 58.1. The molecule has 0 radical (unpaired) electrons. The zero-order chi connectivity index (χ0) is 87.0. The summed E-state index contributed by atoms with van der Waals surface area (Å²) in [6, 6.07) is 116. The van der Waals surface area contributed by atoms with E-state index in [4.69, 9.17) is 0 Å². The Kier molecular flexibility index (Phi) is 36.9. The number of benzene rings is 15. The van der Waals surface area contributed by atoms with Crippen molar-refractivity contribution in [3.05, 3.63) is 483 Å². The van der Waals surface area contributed by atoms with Gasteiger partial charge >= 0.3 is 0 Å². The predicted octanol–water partition coefficient (Wildman–Crippen LogP) is 33.5. The van der Waals surface area contributed by atoms with Crippen LogP contribution in [0.2, 0.25) is 0 Å². The maximum Gasteiger partial charge on any atom is 0.0146 e. The quantitative estimate of drug-likeness (QED) is 0.142. The fourth-order valence-electron chi connectivity index (χ4n) is 13.5. The van der Waals surface area contributed by atoms with Gasteiger partial charge in [-0.1, -0.05) is 408 Å². The lowest BCUT2D eigenvalue weighted by Crippen LogP contribution is -2.18. The van der Waals surface area contributed by atoms with Gasteiger partial charge in [0, 0.05) is 5.41 Å². The fraction of sp³-hybridized carbons (Fsp3) is 0.244. The van der Waals surface area contributed by atoms with Gasteiger partial charge < -0.3 is 0 Å². The average Bonchev–Trinajstić information content (AvgIpc) is 0.823. The Morgan fingerprint density at radius 1 is 0.151 bits per heavy atom. The number of hydrogen-bond acceptors (Lipinski definition) is 0. The molecule has 0 heteroatoms. The molecular weight excluding hydrogens is 1430 g/mol. The molecular formula is C119H136. The van der Waals surface area contributed by atoms with Gasteiger partial charge in [0.2, 0.25) is 0 Å². The first-order valence-corrected chi connectivity index (χ1v) is 42.4. The van der Waals surface area contributed by atoms with Crippen molar-refractivity contribution in [2.24, 2.45) is 0 Å². The minimum absolute atomic E-state index is 0.0708. The molecule has 15 aromatic carbocycles. The van der Waals surface area contributed by atoms with Gasteiger partial charge in [0.05, 0.1) is 0 Å². The molecule has 0 saturated carbocycles. The van der Waals surface area contributed by atoms with Crippen LogP contribution in [0, 0.1) is 173 Å². The predicted molar refractivity (Wildman–Crippen MR) is 526 cm³/mol. The van der Waals surface area contributed by atoms with E-state index in [-0.39, 0.29) is 5.41 Å². The molecule has 15 aromatic rings.